The maximum atomic E-state index is 12.6. The number of carbonyl (C=O) groups excluding carboxylic acids is 1. The van der Waals surface area contributed by atoms with Crippen LogP contribution in [0.2, 0.25) is 0 Å². The highest BCUT2D eigenvalue weighted by Crippen LogP contribution is 2.58. The molecule has 5 rings (SSSR count). The van der Waals surface area contributed by atoms with Crippen LogP contribution in [0, 0.1) is 5.92 Å². The van der Waals surface area contributed by atoms with E-state index in [2.05, 4.69) is 29.2 Å². The monoisotopic (exact) mass is 296 g/mol. The van der Waals surface area contributed by atoms with Gasteiger partial charge in [-0.2, -0.15) is 0 Å². The van der Waals surface area contributed by atoms with E-state index in [1.165, 1.54) is 23.1 Å². The first-order valence-corrected chi connectivity index (χ1v) is 8.29. The van der Waals surface area contributed by atoms with Crippen molar-refractivity contribution in [3.63, 3.8) is 0 Å². The number of aromatic amines is 1. The van der Waals surface area contributed by atoms with Crippen molar-refractivity contribution in [2.45, 2.75) is 43.7 Å². The molecule has 0 bridgehead atoms. The molecule has 0 unspecified atom stereocenters. The Morgan fingerprint density at radius 1 is 1.32 bits per heavy atom. The van der Waals surface area contributed by atoms with Gasteiger partial charge in [0.1, 0.15) is 0 Å². The Balaban J connectivity index is 1.83. The van der Waals surface area contributed by atoms with E-state index in [4.69, 9.17) is 0 Å². The number of aliphatic hydroxyl groups is 1. The maximum Gasteiger partial charge on any atom is 0.224 e. The lowest BCUT2D eigenvalue weighted by molar-refractivity contribution is -0.137. The van der Waals surface area contributed by atoms with E-state index in [1.54, 1.807) is 0 Å². The van der Waals surface area contributed by atoms with Crippen molar-refractivity contribution in [2.24, 2.45) is 5.92 Å². The smallest absolute Gasteiger partial charge is 0.224 e. The summed E-state index contributed by atoms with van der Waals surface area (Å²) in [5.41, 5.74) is 3.56. The molecule has 114 valence electrons. The fraction of sp³-hybridized carbons (Fsp3) is 0.500. The number of rotatable bonds is 1. The fourth-order valence-electron chi connectivity index (χ4n) is 5.41. The van der Waals surface area contributed by atoms with Crippen LogP contribution in [0.5, 0.6) is 0 Å². The van der Waals surface area contributed by atoms with Gasteiger partial charge in [0.2, 0.25) is 5.91 Å². The molecule has 1 spiro atoms. The first-order chi connectivity index (χ1) is 10.8. The zero-order valence-electron chi connectivity index (χ0n) is 12.5. The highest BCUT2D eigenvalue weighted by molar-refractivity contribution is 5.88. The summed E-state index contributed by atoms with van der Waals surface area (Å²) in [5.74, 6) is 0.634. The van der Waals surface area contributed by atoms with Gasteiger partial charge in [0.25, 0.3) is 0 Å². The number of benzene rings is 1. The third-order valence-electron chi connectivity index (χ3n) is 6.17. The number of nitrogens with zero attached hydrogens (tertiary/aromatic N) is 1. The molecule has 1 aliphatic carbocycles. The average Bonchev–Trinajstić information content (AvgIpc) is 3.16. The summed E-state index contributed by atoms with van der Waals surface area (Å²) in [6.45, 7) is 0.0547. The molecule has 4 heteroatoms. The number of fused-ring (bicyclic) bond motifs is 3. The van der Waals surface area contributed by atoms with Crippen LogP contribution >= 0.6 is 0 Å². The summed E-state index contributed by atoms with van der Waals surface area (Å²) in [4.78, 5) is 18.3. The normalized spacial score (nSPS) is 33.1. The lowest BCUT2D eigenvalue weighted by Gasteiger charge is -2.46. The van der Waals surface area contributed by atoms with E-state index in [-0.39, 0.29) is 24.1 Å². The van der Waals surface area contributed by atoms with Gasteiger partial charge in [0, 0.05) is 23.0 Å². The second-order valence-electron chi connectivity index (χ2n) is 7.05. The zero-order chi connectivity index (χ0) is 14.9. The molecule has 1 saturated heterocycles. The number of aliphatic hydroxyl groups excluding tert-OH is 1. The predicted molar refractivity (Wildman–Crippen MR) is 83.4 cm³/mol. The topological polar surface area (TPSA) is 56.3 Å². The Morgan fingerprint density at radius 3 is 3.05 bits per heavy atom. The van der Waals surface area contributed by atoms with Crippen LogP contribution in [0.1, 0.15) is 36.9 Å². The Hall–Kier alpha value is -1.81. The van der Waals surface area contributed by atoms with E-state index in [0.717, 1.165) is 24.8 Å². The van der Waals surface area contributed by atoms with Gasteiger partial charge in [-0.1, -0.05) is 24.6 Å². The SMILES string of the molecule is O=C1C[C@H]2CCC[C@]23c2[nH]c4ccccc4c2C[C@@H](CO)N13. The number of para-hydroxylation sites is 1. The molecule has 3 heterocycles. The summed E-state index contributed by atoms with van der Waals surface area (Å²) in [6.07, 6.45) is 4.72. The largest absolute Gasteiger partial charge is 0.394 e. The first kappa shape index (κ1) is 12.7. The average molecular weight is 296 g/mol. The number of amides is 1. The Morgan fingerprint density at radius 2 is 2.18 bits per heavy atom. The molecule has 1 aromatic carbocycles. The van der Waals surface area contributed by atoms with E-state index < -0.39 is 0 Å². The molecule has 2 aliphatic heterocycles. The number of nitrogens with one attached hydrogen (secondary N) is 1. The molecule has 4 nitrogen and oxygen atoms in total. The van der Waals surface area contributed by atoms with Gasteiger partial charge in [-0.05, 0) is 36.8 Å². The highest BCUT2D eigenvalue weighted by atomic mass is 16.3. The van der Waals surface area contributed by atoms with Crippen molar-refractivity contribution >= 4 is 16.8 Å². The molecular formula is C18H20N2O2. The Bertz CT molecular complexity index is 780. The summed E-state index contributed by atoms with van der Waals surface area (Å²) in [5, 5.41) is 11.2. The van der Waals surface area contributed by atoms with Crippen molar-refractivity contribution in [1.82, 2.24) is 9.88 Å². The second-order valence-corrected chi connectivity index (χ2v) is 7.05. The van der Waals surface area contributed by atoms with Crippen LogP contribution in [-0.4, -0.2) is 33.5 Å². The van der Waals surface area contributed by atoms with Gasteiger partial charge in [0.05, 0.1) is 18.2 Å². The molecule has 1 amide bonds. The van der Waals surface area contributed by atoms with Gasteiger partial charge < -0.3 is 15.0 Å². The Labute approximate surface area is 129 Å². The summed E-state index contributed by atoms with van der Waals surface area (Å²) in [6, 6.07) is 8.33. The van der Waals surface area contributed by atoms with Gasteiger partial charge in [0.15, 0.2) is 0 Å². The molecule has 2 aromatic rings. The van der Waals surface area contributed by atoms with E-state index in [1.807, 2.05) is 4.90 Å². The molecule has 0 radical (unpaired) electrons. The van der Waals surface area contributed by atoms with E-state index in [0.29, 0.717) is 12.3 Å². The predicted octanol–water partition coefficient (Wildman–Crippen LogP) is 2.31. The van der Waals surface area contributed by atoms with Gasteiger partial charge in [-0.15, -0.1) is 0 Å². The minimum absolute atomic E-state index is 0.0547. The van der Waals surface area contributed by atoms with Gasteiger partial charge >= 0.3 is 0 Å². The van der Waals surface area contributed by atoms with Crippen LogP contribution in [0.25, 0.3) is 10.9 Å². The van der Waals surface area contributed by atoms with Crippen molar-refractivity contribution < 1.29 is 9.90 Å². The standard InChI is InChI=1S/C18H20N2O2/c21-10-12-9-14-13-5-1-2-6-15(13)19-17(14)18-7-3-4-11(18)8-16(22)20(12)18/h1-2,5-6,11-12,19,21H,3-4,7-10H2/t11-,12+,18-/m1/s1. The molecule has 2 fully saturated rings. The van der Waals surface area contributed by atoms with Crippen molar-refractivity contribution in [3.8, 4) is 0 Å². The number of hydrogen-bond acceptors (Lipinski definition) is 2. The number of hydrogen-bond donors (Lipinski definition) is 2. The third-order valence-corrected chi connectivity index (χ3v) is 6.17. The summed E-state index contributed by atoms with van der Waals surface area (Å²) < 4.78 is 0. The minimum Gasteiger partial charge on any atom is -0.394 e. The van der Waals surface area contributed by atoms with Crippen LogP contribution in [0.3, 0.4) is 0 Å². The number of aromatic nitrogens is 1. The zero-order valence-corrected chi connectivity index (χ0v) is 12.5. The molecule has 22 heavy (non-hydrogen) atoms. The molecule has 3 atom stereocenters. The van der Waals surface area contributed by atoms with Crippen LogP contribution in [0.15, 0.2) is 24.3 Å². The molecule has 1 aromatic heterocycles. The number of carbonyl (C=O) groups is 1. The van der Waals surface area contributed by atoms with Crippen LogP contribution in [0.4, 0.5) is 0 Å². The lowest BCUT2D eigenvalue weighted by Crippen LogP contribution is -2.55. The summed E-state index contributed by atoms with van der Waals surface area (Å²) >= 11 is 0. The summed E-state index contributed by atoms with van der Waals surface area (Å²) in [7, 11) is 0. The van der Waals surface area contributed by atoms with Crippen LogP contribution < -0.4 is 0 Å². The minimum atomic E-state index is -0.183. The first-order valence-electron chi connectivity index (χ1n) is 8.29. The third kappa shape index (κ3) is 1.30. The molecule has 2 N–H and O–H groups in total. The Kier molecular flexibility index (Phi) is 2.39. The van der Waals surface area contributed by atoms with Crippen molar-refractivity contribution in [3.05, 3.63) is 35.5 Å². The maximum absolute atomic E-state index is 12.6. The molecule has 1 saturated carbocycles. The number of H-pyrrole nitrogens is 1. The lowest BCUT2D eigenvalue weighted by atomic mass is 9.78. The van der Waals surface area contributed by atoms with E-state index in [9.17, 15) is 9.90 Å². The molecular weight excluding hydrogens is 276 g/mol. The molecule has 3 aliphatic rings. The van der Waals surface area contributed by atoms with Crippen molar-refractivity contribution in [1.29, 1.82) is 0 Å². The van der Waals surface area contributed by atoms with Crippen LogP contribution in [-0.2, 0) is 16.8 Å². The highest BCUT2D eigenvalue weighted by Gasteiger charge is 2.61. The quantitative estimate of drug-likeness (QED) is 0.848. The van der Waals surface area contributed by atoms with Crippen molar-refractivity contribution in [2.75, 3.05) is 6.61 Å². The second kappa shape index (κ2) is 4.13. The van der Waals surface area contributed by atoms with E-state index >= 15 is 0 Å². The van der Waals surface area contributed by atoms with Gasteiger partial charge in [-0.3, -0.25) is 4.79 Å². The van der Waals surface area contributed by atoms with Gasteiger partial charge in [-0.25, -0.2) is 0 Å². The fourth-order valence-corrected chi connectivity index (χ4v) is 5.41.